The summed E-state index contributed by atoms with van der Waals surface area (Å²) in [6.45, 7) is 2.00. The van der Waals surface area contributed by atoms with Crippen LogP contribution in [0, 0.1) is 0 Å². The first kappa shape index (κ1) is 19.1. The number of fused-ring (bicyclic) bond motifs is 2. The van der Waals surface area contributed by atoms with Crippen LogP contribution in [-0.2, 0) is 14.3 Å². The van der Waals surface area contributed by atoms with Crippen LogP contribution in [0.25, 0.3) is 0 Å². The molecule has 2 aliphatic heterocycles. The van der Waals surface area contributed by atoms with Crippen LogP contribution >= 0.6 is 11.6 Å². The van der Waals surface area contributed by atoms with Gasteiger partial charge in [-0.05, 0) is 31.2 Å². The quantitative estimate of drug-likeness (QED) is 0.773. The number of ether oxygens (including phenoxy) is 3. The first-order valence-electron chi connectivity index (χ1n) is 8.94. The van der Waals surface area contributed by atoms with E-state index < -0.39 is 18.0 Å². The lowest BCUT2D eigenvalue weighted by Crippen LogP contribution is -2.47. The fourth-order valence-electron chi connectivity index (χ4n) is 3.16. The molecule has 0 radical (unpaired) electrons. The van der Waals surface area contributed by atoms with Gasteiger partial charge in [0.25, 0.3) is 5.91 Å². The van der Waals surface area contributed by atoms with Crippen LogP contribution < -0.4 is 19.7 Å². The van der Waals surface area contributed by atoms with Gasteiger partial charge in [0.15, 0.2) is 17.6 Å². The summed E-state index contributed by atoms with van der Waals surface area (Å²) in [5.74, 6) is -0.858. The molecule has 2 heterocycles. The predicted octanol–water partition coefficient (Wildman–Crippen LogP) is 2.64. The highest BCUT2D eigenvalue weighted by Crippen LogP contribution is 2.38. The third-order valence-corrected chi connectivity index (χ3v) is 4.78. The van der Waals surface area contributed by atoms with Crippen LogP contribution in [-0.4, -0.2) is 43.6 Å². The number of hydrogen-bond donors (Lipinski definition) is 1. The molecule has 1 N–H and O–H groups in total. The minimum atomic E-state index is -1.12. The SMILES string of the molecule is C[C@@H](OC(=O)c1cc(Cl)c2c(c1)OCCO2)C(=O)N1CC(=O)Nc2ccccc21. The van der Waals surface area contributed by atoms with Crippen molar-refractivity contribution in [3.8, 4) is 11.5 Å². The fraction of sp³-hybridized carbons (Fsp3) is 0.250. The molecule has 29 heavy (non-hydrogen) atoms. The van der Waals surface area contributed by atoms with Crippen LogP contribution in [0.5, 0.6) is 11.5 Å². The Kier molecular flexibility index (Phi) is 5.02. The van der Waals surface area contributed by atoms with Crippen molar-refractivity contribution in [2.45, 2.75) is 13.0 Å². The highest BCUT2D eigenvalue weighted by atomic mass is 35.5. The van der Waals surface area contributed by atoms with E-state index in [0.29, 0.717) is 36.1 Å². The Bertz CT molecular complexity index is 1010. The molecule has 2 amide bonds. The molecular formula is C20H17ClN2O6. The Hall–Kier alpha value is -3.26. The van der Waals surface area contributed by atoms with Crippen molar-refractivity contribution in [1.82, 2.24) is 0 Å². The standard InChI is InChI=1S/C20H17ClN2O6/c1-11(19(25)23-10-17(24)22-14-4-2-3-5-15(14)23)29-20(26)12-8-13(21)18-16(9-12)27-6-7-28-18/h2-5,8-9,11H,6-7,10H2,1H3,(H,22,24)/t11-/m1/s1. The van der Waals surface area contributed by atoms with Gasteiger partial charge in [0, 0.05) is 0 Å². The molecule has 0 saturated heterocycles. The zero-order valence-corrected chi connectivity index (χ0v) is 16.2. The molecule has 0 aliphatic carbocycles. The van der Waals surface area contributed by atoms with E-state index in [1.165, 1.54) is 24.0 Å². The molecule has 0 bridgehead atoms. The molecule has 2 aromatic rings. The van der Waals surface area contributed by atoms with E-state index in [2.05, 4.69) is 5.32 Å². The van der Waals surface area contributed by atoms with Crippen LogP contribution in [0.2, 0.25) is 5.02 Å². The zero-order chi connectivity index (χ0) is 20.5. The maximum Gasteiger partial charge on any atom is 0.339 e. The van der Waals surface area contributed by atoms with Crippen LogP contribution in [0.4, 0.5) is 11.4 Å². The summed E-state index contributed by atoms with van der Waals surface area (Å²) in [7, 11) is 0. The number of para-hydroxylation sites is 2. The van der Waals surface area contributed by atoms with E-state index in [-0.39, 0.29) is 23.0 Å². The number of nitrogens with zero attached hydrogens (tertiary/aromatic N) is 1. The Labute approximate surface area is 171 Å². The monoisotopic (exact) mass is 416 g/mol. The lowest BCUT2D eigenvalue weighted by molar-refractivity contribution is -0.128. The lowest BCUT2D eigenvalue weighted by Gasteiger charge is -2.30. The molecule has 0 unspecified atom stereocenters. The van der Waals surface area contributed by atoms with E-state index >= 15 is 0 Å². The topological polar surface area (TPSA) is 94.2 Å². The highest BCUT2D eigenvalue weighted by Gasteiger charge is 2.32. The molecule has 2 aromatic carbocycles. The van der Waals surface area contributed by atoms with Gasteiger partial charge in [0.2, 0.25) is 5.91 Å². The highest BCUT2D eigenvalue weighted by molar-refractivity contribution is 6.32. The van der Waals surface area contributed by atoms with E-state index in [1.54, 1.807) is 24.3 Å². The smallest absolute Gasteiger partial charge is 0.339 e. The van der Waals surface area contributed by atoms with E-state index in [4.69, 9.17) is 25.8 Å². The van der Waals surface area contributed by atoms with Crippen LogP contribution in [0.1, 0.15) is 17.3 Å². The molecule has 9 heteroatoms. The van der Waals surface area contributed by atoms with Crippen molar-refractivity contribution in [2.75, 3.05) is 30.0 Å². The number of esters is 1. The number of halogens is 1. The number of anilines is 2. The van der Waals surface area contributed by atoms with Gasteiger partial charge in [-0.15, -0.1) is 0 Å². The Morgan fingerprint density at radius 1 is 1.21 bits per heavy atom. The normalized spacial score (nSPS) is 15.8. The minimum Gasteiger partial charge on any atom is -0.486 e. The molecule has 0 fully saturated rings. The first-order chi connectivity index (χ1) is 13.9. The molecule has 0 spiro atoms. The summed E-state index contributed by atoms with van der Waals surface area (Å²) in [6, 6.07) is 9.77. The molecule has 0 aromatic heterocycles. The number of hydrogen-bond acceptors (Lipinski definition) is 6. The maximum atomic E-state index is 12.9. The van der Waals surface area contributed by atoms with Crippen LogP contribution in [0.15, 0.2) is 36.4 Å². The molecule has 2 aliphatic rings. The number of carbonyl (C=O) groups is 3. The van der Waals surface area contributed by atoms with Gasteiger partial charge < -0.3 is 19.5 Å². The molecule has 1 atom stereocenters. The second-order valence-electron chi connectivity index (χ2n) is 6.52. The predicted molar refractivity (Wildman–Crippen MR) is 105 cm³/mol. The second-order valence-corrected chi connectivity index (χ2v) is 6.93. The van der Waals surface area contributed by atoms with Crippen molar-refractivity contribution in [2.24, 2.45) is 0 Å². The average molecular weight is 417 g/mol. The Balaban J connectivity index is 1.52. The lowest BCUT2D eigenvalue weighted by atomic mass is 10.1. The number of carbonyl (C=O) groups excluding carboxylic acids is 3. The third kappa shape index (κ3) is 3.71. The largest absolute Gasteiger partial charge is 0.486 e. The van der Waals surface area contributed by atoms with E-state index in [1.807, 2.05) is 0 Å². The number of nitrogens with one attached hydrogen (secondary N) is 1. The molecule has 8 nitrogen and oxygen atoms in total. The van der Waals surface area contributed by atoms with Gasteiger partial charge in [-0.2, -0.15) is 0 Å². The molecule has 150 valence electrons. The first-order valence-corrected chi connectivity index (χ1v) is 9.32. The number of rotatable bonds is 3. The second kappa shape index (κ2) is 7.63. The molecular weight excluding hydrogens is 400 g/mol. The summed E-state index contributed by atoms with van der Waals surface area (Å²) in [6.07, 6.45) is -1.12. The minimum absolute atomic E-state index is 0.135. The van der Waals surface area contributed by atoms with Crippen LogP contribution in [0.3, 0.4) is 0 Å². The van der Waals surface area contributed by atoms with E-state index in [0.717, 1.165) is 0 Å². The fourth-order valence-corrected chi connectivity index (χ4v) is 3.42. The summed E-state index contributed by atoms with van der Waals surface area (Å²) in [4.78, 5) is 38.7. The van der Waals surface area contributed by atoms with Crippen molar-refractivity contribution >= 4 is 40.8 Å². The van der Waals surface area contributed by atoms with Crippen molar-refractivity contribution in [3.05, 3.63) is 47.0 Å². The maximum absolute atomic E-state index is 12.9. The summed E-state index contributed by atoms with van der Waals surface area (Å²) < 4.78 is 16.2. The van der Waals surface area contributed by atoms with E-state index in [9.17, 15) is 14.4 Å². The number of benzene rings is 2. The van der Waals surface area contributed by atoms with Gasteiger partial charge in [0.1, 0.15) is 19.8 Å². The average Bonchev–Trinajstić information content (AvgIpc) is 2.72. The van der Waals surface area contributed by atoms with Gasteiger partial charge in [-0.3, -0.25) is 14.5 Å². The third-order valence-electron chi connectivity index (χ3n) is 4.50. The van der Waals surface area contributed by atoms with Crippen molar-refractivity contribution in [3.63, 3.8) is 0 Å². The molecule has 0 saturated carbocycles. The summed E-state index contributed by atoms with van der Waals surface area (Å²) in [5, 5.41) is 2.92. The van der Waals surface area contributed by atoms with Gasteiger partial charge in [-0.25, -0.2) is 4.79 Å². The van der Waals surface area contributed by atoms with Crippen molar-refractivity contribution < 1.29 is 28.6 Å². The van der Waals surface area contributed by atoms with Gasteiger partial charge in [-0.1, -0.05) is 23.7 Å². The van der Waals surface area contributed by atoms with Gasteiger partial charge >= 0.3 is 5.97 Å². The number of amides is 2. The van der Waals surface area contributed by atoms with Gasteiger partial charge in [0.05, 0.1) is 22.0 Å². The molecule has 4 rings (SSSR count). The Morgan fingerprint density at radius 2 is 1.97 bits per heavy atom. The summed E-state index contributed by atoms with van der Waals surface area (Å²) in [5.41, 5.74) is 1.20. The zero-order valence-electron chi connectivity index (χ0n) is 15.4. The summed E-state index contributed by atoms with van der Waals surface area (Å²) >= 11 is 6.15. The van der Waals surface area contributed by atoms with Crippen molar-refractivity contribution in [1.29, 1.82) is 0 Å². The Morgan fingerprint density at radius 3 is 2.79 bits per heavy atom.